The van der Waals surface area contributed by atoms with E-state index in [9.17, 15) is 14.4 Å². The van der Waals surface area contributed by atoms with E-state index in [2.05, 4.69) is 10.1 Å². The van der Waals surface area contributed by atoms with Crippen molar-refractivity contribution >= 4 is 23.5 Å². The third-order valence-corrected chi connectivity index (χ3v) is 3.53. The van der Waals surface area contributed by atoms with E-state index in [0.717, 1.165) is 11.1 Å². The largest absolute Gasteiger partial charge is 0.465 e. The van der Waals surface area contributed by atoms with Crippen LogP contribution in [-0.2, 0) is 14.3 Å². The molecular weight excluding hydrogens is 322 g/mol. The SMILES string of the molecule is COC(=O)c1ccc(NC(=O)COC(=O)c2ccc(C)cc2C)cc1. The molecule has 0 aromatic heterocycles. The highest BCUT2D eigenvalue weighted by atomic mass is 16.5. The van der Waals surface area contributed by atoms with Gasteiger partial charge in [-0.2, -0.15) is 0 Å². The van der Waals surface area contributed by atoms with Crippen LogP contribution < -0.4 is 5.32 Å². The summed E-state index contributed by atoms with van der Waals surface area (Å²) in [6.45, 7) is 3.35. The van der Waals surface area contributed by atoms with E-state index in [1.54, 1.807) is 18.2 Å². The molecule has 0 fully saturated rings. The average molecular weight is 341 g/mol. The molecule has 0 saturated heterocycles. The highest BCUT2D eigenvalue weighted by Gasteiger charge is 2.13. The summed E-state index contributed by atoms with van der Waals surface area (Å²) in [5.41, 5.74) is 3.13. The van der Waals surface area contributed by atoms with Crippen molar-refractivity contribution in [1.82, 2.24) is 0 Å². The fraction of sp³-hybridized carbons (Fsp3) is 0.211. The maximum absolute atomic E-state index is 12.0. The third kappa shape index (κ3) is 4.91. The first-order chi connectivity index (χ1) is 11.9. The highest BCUT2D eigenvalue weighted by molar-refractivity contribution is 5.96. The van der Waals surface area contributed by atoms with Crippen molar-refractivity contribution in [2.75, 3.05) is 19.0 Å². The number of carbonyl (C=O) groups is 3. The Morgan fingerprint density at radius 1 is 0.960 bits per heavy atom. The molecule has 2 aromatic rings. The average Bonchev–Trinajstić information content (AvgIpc) is 2.59. The Kier molecular flexibility index (Phi) is 5.89. The molecule has 0 saturated carbocycles. The van der Waals surface area contributed by atoms with E-state index in [1.165, 1.54) is 19.2 Å². The van der Waals surface area contributed by atoms with Crippen molar-refractivity contribution in [1.29, 1.82) is 0 Å². The van der Waals surface area contributed by atoms with Crippen molar-refractivity contribution in [2.24, 2.45) is 0 Å². The van der Waals surface area contributed by atoms with E-state index in [0.29, 0.717) is 16.8 Å². The molecule has 0 aliphatic heterocycles. The molecule has 0 heterocycles. The van der Waals surface area contributed by atoms with E-state index in [4.69, 9.17) is 4.74 Å². The van der Waals surface area contributed by atoms with Crippen LogP contribution in [0.15, 0.2) is 42.5 Å². The number of anilines is 1. The summed E-state index contributed by atoms with van der Waals surface area (Å²) in [7, 11) is 1.29. The van der Waals surface area contributed by atoms with Crippen LogP contribution >= 0.6 is 0 Å². The van der Waals surface area contributed by atoms with Gasteiger partial charge in [-0.1, -0.05) is 17.7 Å². The number of ether oxygens (including phenoxy) is 2. The lowest BCUT2D eigenvalue weighted by Crippen LogP contribution is -2.21. The minimum absolute atomic E-state index is 0.377. The second kappa shape index (κ2) is 8.10. The first-order valence-corrected chi connectivity index (χ1v) is 7.63. The number of benzene rings is 2. The van der Waals surface area contributed by atoms with Crippen LogP contribution in [0.1, 0.15) is 31.8 Å². The highest BCUT2D eigenvalue weighted by Crippen LogP contribution is 2.13. The molecule has 0 radical (unpaired) electrons. The standard InChI is InChI=1S/C19H19NO5/c1-12-4-9-16(13(2)10-12)19(23)25-11-17(21)20-15-7-5-14(6-8-15)18(22)24-3/h4-10H,11H2,1-3H3,(H,20,21). The molecule has 0 spiro atoms. The van der Waals surface area contributed by atoms with Crippen LogP contribution in [0.5, 0.6) is 0 Å². The second-order valence-corrected chi connectivity index (χ2v) is 5.51. The molecule has 1 N–H and O–H groups in total. The van der Waals surface area contributed by atoms with Gasteiger partial charge in [-0.25, -0.2) is 9.59 Å². The summed E-state index contributed by atoms with van der Waals surface area (Å²) in [5.74, 6) is -1.47. The third-order valence-electron chi connectivity index (χ3n) is 3.53. The van der Waals surface area contributed by atoms with Gasteiger partial charge in [-0.15, -0.1) is 0 Å². The molecule has 130 valence electrons. The van der Waals surface area contributed by atoms with Crippen molar-refractivity contribution in [3.8, 4) is 0 Å². The molecule has 6 nitrogen and oxygen atoms in total. The van der Waals surface area contributed by atoms with Crippen LogP contribution in [-0.4, -0.2) is 31.6 Å². The summed E-state index contributed by atoms with van der Waals surface area (Å²) in [6, 6.07) is 11.6. The van der Waals surface area contributed by atoms with E-state index in [1.807, 2.05) is 26.0 Å². The van der Waals surface area contributed by atoms with Crippen LogP contribution in [0.3, 0.4) is 0 Å². The zero-order chi connectivity index (χ0) is 18.4. The molecule has 0 atom stereocenters. The predicted octanol–water partition coefficient (Wildman–Crippen LogP) is 2.89. The molecule has 25 heavy (non-hydrogen) atoms. The summed E-state index contributed by atoms with van der Waals surface area (Å²) in [5, 5.41) is 2.59. The van der Waals surface area contributed by atoms with Gasteiger partial charge in [0.05, 0.1) is 18.2 Å². The Hall–Kier alpha value is -3.15. The number of esters is 2. The summed E-state index contributed by atoms with van der Waals surface area (Å²) < 4.78 is 9.63. The second-order valence-electron chi connectivity index (χ2n) is 5.51. The number of methoxy groups -OCH3 is 1. The molecule has 0 unspecified atom stereocenters. The monoisotopic (exact) mass is 341 g/mol. The fourth-order valence-electron chi connectivity index (χ4n) is 2.26. The van der Waals surface area contributed by atoms with Gasteiger partial charge in [0.25, 0.3) is 5.91 Å². The van der Waals surface area contributed by atoms with Crippen LogP contribution in [0.2, 0.25) is 0 Å². The zero-order valence-electron chi connectivity index (χ0n) is 14.3. The first kappa shape index (κ1) is 18.2. The normalized spacial score (nSPS) is 10.0. The lowest BCUT2D eigenvalue weighted by Gasteiger charge is -2.09. The molecule has 2 rings (SSSR count). The van der Waals surface area contributed by atoms with Crippen LogP contribution in [0, 0.1) is 13.8 Å². The number of amides is 1. The molecular formula is C19H19NO5. The molecule has 1 amide bonds. The van der Waals surface area contributed by atoms with Crippen molar-refractivity contribution in [2.45, 2.75) is 13.8 Å². The van der Waals surface area contributed by atoms with E-state index < -0.39 is 24.5 Å². The Balaban J connectivity index is 1.90. The molecule has 2 aromatic carbocycles. The number of nitrogens with one attached hydrogen (secondary N) is 1. The maximum atomic E-state index is 12.0. The smallest absolute Gasteiger partial charge is 0.338 e. The maximum Gasteiger partial charge on any atom is 0.338 e. The van der Waals surface area contributed by atoms with Crippen molar-refractivity contribution in [3.63, 3.8) is 0 Å². The Morgan fingerprint density at radius 2 is 1.64 bits per heavy atom. The Labute approximate surface area is 145 Å². The number of hydrogen-bond acceptors (Lipinski definition) is 5. The lowest BCUT2D eigenvalue weighted by atomic mass is 10.1. The van der Waals surface area contributed by atoms with Gasteiger partial charge in [0, 0.05) is 5.69 Å². The molecule has 0 aliphatic rings. The van der Waals surface area contributed by atoms with Crippen LogP contribution in [0.25, 0.3) is 0 Å². The fourth-order valence-corrected chi connectivity index (χ4v) is 2.26. The summed E-state index contributed by atoms with van der Waals surface area (Å²) >= 11 is 0. The minimum atomic E-state index is -0.548. The van der Waals surface area contributed by atoms with Gasteiger partial charge in [0.1, 0.15) is 0 Å². The van der Waals surface area contributed by atoms with E-state index >= 15 is 0 Å². The molecule has 0 bridgehead atoms. The quantitative estimate of drug-likeness (QED) is 0.846. The Bertz CT molecular complexity index is 796. The first-order valence-electron chi connectivity index (χ1n) is 7.63. The van der Waals surface area contributed by atoms with Gasteiger partial charge in [0.15, 0.2) is 6.61 Å². The van der Waals surface area contributed by atoms with Gasteiger partial charge in [-0.05, 0) is 49.7 Å². The van der Waals surface area contributed by atoms with Crippen molar-refractivity contribution < 1.29 is 23.9 Å². The number of rotatable bonds is 5. The topological polar surface area (TPSA) is 81.7 Å². The van der Waals surface area contributed by atoms with Crippen molar-refractivity contribution in [3.05, 3.63) is 64.7 Å². The zero-order valence-corrected chi connectivity index (χ0v) is 14.3. The van der Waals surface area contributed by atoms with Crippen LogP contribution in [0.4, 0.5) is 5.69 Å². The van der Waals surface area contributed by atoms with E-state index in [-0.39, 0.29) is 0 Å². The summed E-state index contributed by atoms with van der Waals surface area (Å²) in [4.78, 5) is 35.3. The molecule has 6 heteroatoms. The number of carbonyl (C=O) groups excluding carboxylic acids is 3. The van der Waals surface area contributed by atoms with Gasteiger partial charge >= 0.3 is 11.9 Å². The lowest BCUT2D eigenvalue weighted by molar-refractivity contribution is -0.119. The number of hydrogen-bond donors (Lipinski definition) is 1. The molecule has 0 aliphatic carbocycles. The Morgan fingerprint density at radius 3 is 2.24 bits per heavy atom. The minimum Gasteiger partial charge on any atom is -0.465 e. The van der Waals surface area contributed by atoms with Gasteiger partial charge in [-0.3, -0.25) is 4.79 Å². The van der Waals surface area contributed by atoms with Gasteiger partial charge < -0.3 is 14.8 Å². The number of aryl methyl sites for hydroxylation is 2. The predicted molar refractivity (Wildman–Crippen MR) is 92.6 cm³/mol. The summed E-state index contributed by atoms with van der Waals surface area (Å²) in [6.07, 6.45) is 0. The van der Waals surface area contributed by atoms with Gasteiger partial charge in [0.2, 0.25) is 0 Å².